The van der Waals surface area contributed by atoms with Gasteiger partial charge in [0.15, 0.2) is 11.6 Å². The molecule has 188 valence electrons. The molecule has 7 heteroatoms. The van der Waals surface area contributed by atoms with Crippen LogP contribution in [0.3, 0.4) is 0 Å². The van der Waals surface area contributed by atoms with Crippen molar-refractivity contribution >= 4 is 11.1 Å². The monoisotopic (exact) mass is 495 g/mol. The Hall–Kier alpha value is -3.45. The number of likely N-dealkylation sites (tertiary alicyclic amines) is 1. The number of nitrogens with zero attached hydrogens (tertiary/aromatic N) is 1. The summed E-state index contributed by atoms with van der Waals surface area (Å²) in [7, 11) is 0. The normalized spacial score (nSPS) is 19.8. The zero-order valence-corrected chi connectivity index (χ0v) is 20.0. The Morgan fingerprint density at radius 2 is 1.83 bits per heavy atom. The summed E-state index contributed by atoms with van der Waals surface area (Å²) < 4.78 is 52.9. The van der Waals surface area contributed by atoms with E-state index in [-0.39, 0.29) is 18.3 Å². The number of rotatable bonds is 7. The minimum absolute atomic E-state index is 0.0930. The maximum Gasteiger partial charge on any atom is 0.159 e. The maximum absolute atomic E-state index is 14.2. The predicted octanol–water partition coefficient (Wildman–Crippen LogP) is 6.41. The number of aromatic hydroxyl groups is 1. The molecule has 4 nitrogen and oxygen atoms in total. The number of phenolic OH excluding ortho intramolecular Hbond substituents is 1. The fraction of sp³-hybridized carbons (Fsp3) is 0.310. The van der Waals surface area contributed by atoms with Gasteiger partial charge < -0.3 is 14.6 Å². The molecular formula is C29H28F3NO3. The number of alkyl halides is 1. The van der Waals surface area contributed by atoms with Crippen LogP contribution in [0.4, 0.5) is 13.2 Å². The lowest BCUT2D eigenvalue weighted by molar-refractivity contribution is 0.228. The van der Waals surface area contributed by atoms with Gasteiger partial charge in [-0.3, -0.25) is 9.29 Å². The van der Waals surface area contributed by atoms with Gasteiger partial charge >= 0.3 is 0 Å². The molecule has 36 heavy (non-hydrogen) atoms. The van der Waals surface area contributed by atoms with Crippen LogP contribution in [-0.2, 0) is 0 Å². The number of ether oxygens (including phenoxy) is 2. The van der Waals surface area contributed by atoms with Crippen molar-refractivity contribution in [2.75, 3.05) is 32.9 Å². The molecule has 2 atom stereocenters. The lowest BCUT2D eigenvalue weighted by Crippen LogP contribution is -2.26. The fourth-order valence-corrected chi connectivity index (χ4v) is 4.98. The van der Waals surface area contributed by atoms with Gasteiger partial charge in [-0.05, 0) is 79.1 Å². The van der Waals surface area contributed by atoms with Gasteiger partial charge in [0.25, 0.3) is 0 Å². The van der Waals surface area contributed by atoms with E-state index in [2.05, 4.69) is 4.90 Å². The molecule has 3 aromatic rings. The van der Waals surface area contributed by atoms with Gasteiger partial charge in [0.1, 0.15) is 30.0 Å². The van der Waals surface area contributed by atoms with Crippen molar-refractivity contribution in [2.24, 2.45) is 5.92 Å². The van der Waals surface area contributed by atoms with Crippen molar-refractivity contribution in [1.29, 1.82) is 0 Å². The summed E-state index contributed by atoms with van der Waals surface area (Å²) in [6.07, 6.45) is 0.325. The van der Waals surface area contributed by atoms with Crippen LogP contribution in [0.1, 0.15) is 36.1 Å². The zero-order valence-electron chi connectivity index (χ0n) is 20.0. The van der Waals surface area contributed by atoms with Gasteiger partial charge in [-0.2, -0.15) is 0 Å². The minimum Gasteiger partial charge on any atom is -0.508 e. The van der Waals surface area contributed by atoms with Crippen LogP contribution in [-0.4, -0.2) is 42.9 Å². The maximum atomic E-state index is 14.2. The second-order valence-electron chi connectivity index (χ2n) is 9.37. The summed E-state index contributed by atoms with van der Waals surface area (Å²) in [5.41, 5.74) is 3.52. The van der Waals surface area contributed by atoms with Crippen molar-refractivity contribution < 1.29 is 27.8 Å². The lowest BCUT2D eigenvalue weighted by Gasteiger charge is -2.31. The van der Waals surface area contributed by atoms with Crippen LogP contribution in [0.15, 0.2) is 60.7 Å². The molecule has 1 fully saturated rings. The summed E-state index contributed by atoms with van der Waals surface area (Å²) in [6.45, 7) is 4.54. The van der Waals surface area contributed by atoms with Crippen molar-refractivity contribution in [3.05, 3.63) is 89.0 Å². The van der Waals surface area contributed by atoms with Crippen LogP contribution in [0.2, 0.25) is 0 Å². The topological polar surface area (TPSA) is 41.9 Å². The van der Waals surface area contributed by atoms with E-state index in [9.17, 15) is 18.3 Å². The first-order valence-corrected chi connectivity index (χ1v) is 12.1. The molecule has 1 saturated heterocycles. The van der Waals surface area contributed by atoms with E-state index < -0.39 is 17.7 Å². The molecule has 2 unspecified atom stereocenters. The summed E-state index contributed by atoms with van der Waals surface area (Å²) >= 11 is 0. The number of fused-ring (bicyclic) bond motifs is 1. The molecule has 0 aromatic heterocycles. The van der Waals surface area contributed by atoms with Gasteiger partial charge in [0.05, 0.1) is 6.67 Å². The van der Waals surface area contributed by atoms with Crippen molar-refractivity contribution in [2.45, 2.75) is 19.4 Å². The molecule has 2 aliphatic rings. The molecule has 1 N–H and O–H groups in total. The molecule has 0 saturated carbocycles. The number of hydrogen-bond acceptors (Lipinski definition) is 4. The number of halogens is 3. The van der Waals surface area contributed by atoms with Gasteiger partial charge in [-0.25, -0.2) is 8.78 Å². The Balaban J connectivity index is 1.38. The quantitative estimate of drug-likeness (QED) is 0.412. The van der Waals surface area contributed by atoms with Crippen molar-refractivity contribution in [1.82, 2.24) is 4.90 Å². The molecule has 5 rings (SSSR count). The summed E-state index contributed by atoms with van der Waals surface area (Å²) in [4.78, 5) is 2.21. The van der Waals surface area contributed by atoms with E-state index in [0.29, 0.717) is 34.8 Å². The average molecular weight is 496 g/mol. The number of allylic oxidation sites excluding steroid dienone is 1. The second-order valence-corrected chi connectivity index (χ2v) is 9.37. The molecule has 0 spiro atoms. The van der Waals surface area contributed by atoms with Gasteiger partial charge in [0, 0.05) is 30.1 Å². The van der Waals surface area contributed by atoms with E-state index in [1.807, 2.05) is 31.2 Å². The van der Waals surface area contributed by atoms with E-state index in [1.165, 1.54) is 12.1 Å². The van der Waals surface area contributed by atoms with Gasteiger partial charge in [-0.1, -0.05) is 18.2 Å². The Labute approximate surface area is 208 Å². The third-order valence-electron chi connectivity index (χ3n) is 6.96. The molecule has 0 aliphatic carbocycles. The van der Waals surface area contributed by atoms with E-state index in [4.69, 9.17) is 9.47 Å². The standard InChI is InChI=1S/C29H28F3NO3/c1-18-24-15-22(34)5-9-27(24)36-29(28(18)21-4-8-25(31)26(32)14-21)20-2-6-23(7-3-20)35-13-12-33-11-10-19(16-30)17-33/h2-9,14-15,19,29,34H,10-13,16-17H2,1H3. The van der Waals surface area contributed by atoms with Crippen LogP contribution >= 0.6 is 0 Å². The summed E-state index contributed by atoms with van der Waals surface area (Å²) in [5, 5.41) is 10.0. The molecule has 0 radical (unpaired) electrons. The molecular weight excluding hydrogens is 467 g/mol. The van der Waals surface area contributed by atoms with Gasteiger partial charge in [-0.15, -0.1) is 0 Å². The number of phenols is 1. The minimum atomic E-state index is -0.937. The first-order chi connectivity index (χ1) is 17.4. The third-order valence-corrected chi connectivity index (χ3v) is 6.96. The molecule has 2 aliphatic heterocycles. The zero-order chi connectivity index (χ0) is 25.2. The largest absolute Gasteiger partial charge is 0.508 e. The van der Waals surface area contributed by atoms with Crippen molar-refractivity contribution in [3.63, 3.8) is 0 Å². The van der Waals surface area contributed by atoms with Crippen LogP contribution in [0.5, 0.6) is 17.2 Å². The van der Waals surface area contributed by atoms with Crippen LogP contribution in [0, 0.1) is 17.6 Å². The molecule has 0 amide bonds. The fourth-order valence-electron chi connectivity index (χ4n) is 4.98. The lowest BCUT2D eigenvalue weighted by atomic mass is 9.86. The molecule has 2 heterocycles. The Morgan fingerprint density at radius 1 is 1.03 bits per heavy atom. The number of benzene rings is 3. The Bertz CT molecular complexity index is 1280. The van der Waals surface area contributed by atoms with E-state index in [1.54, 1.807) is 18.2 Å². The highest BCUT2D eigenvalue weighted by atomic mass is 19.2. The predicted molar refractivity (Wildman–Crippen MR) is 133 cm³/mol. The van der Waals surface area contributed by atoms with Crippen LogP contribution in [0.25, 0.3) is 11.1 Å². The summed E-state index contributed by atoms with van der Waals surface area (Å²) in [6, 6.07) is 16.2. The Kier molecular flexibility index (Phi) is 6.92. The highest BCUT2D eigenvalue weighted by Gasteiger charge is 2.30. The average Bonchev–Trinajstić information content (AvgIpc) is 3.35. The first kappa shape index (κ1) is 24.3. The number of hydrogen-bond donors (Lipinski definition) is 1. The first-order valence-electron chi connectivity index (χ1n) is 12.1. The SMILES string of the molecule is CC1=C(c2ccc(F)c(F)c2)C(c2ccc(OCCN3CCC(CF)C3)cc2)Oc2ccc(O)cc21. The Morgan fingerprint density at radius 3 is 2.56 bits per heavy atom. The smallest absolute Gasteiger partial charge is 0.159 e. The molecule has 0 bridgehead atoms. The highest BCUT2D eigenvalue weighted by molar-refractivity contribution is 5.95. The third kappa shape index (κ3) is 4.93. The van der Waals surface area contributed by atoms with Crippen LogP contribution < -0.4 is 9.47 Å². The van der Waals surface area contributed by atoms with Gasteiger partial charge in [0.2, 0.25) is 0 Å². The molecule has 3 aromatic carbocycles. The summed E-state index contributed by atoms with van der Waals surface area (Å²) in [5.74, 6) is -0.327. The van der Waals surface area contributed by atoms with E-state index >= 15 is 0 Å². The van der Waals surface area contributed by atoms with Crippen molar-refractivity contribution in [3.8, 4) is 17.2 Å². The van der Waals surface area contributed by atoms with E-state index in [0.717, 1.165) is 43.3 Å². The second kappa shape index (κ2) is 10.3. The highest BCUT2D eigenvalue weighted by Crippen LogP contribution is 2.47.